The summed E-state index contributed by atoms with van der Waals surface area (Å²) >= 11 is 0. The summed E-state index contributed by atoms with van der Waals surface area (Å²) in [6, 6.07) is 4.40. The van der Waals surface area contributed by atoms with Crippen LogP contribution in [-0.4, -0.2) is 21.8 Å². The Labute approximate surface area is 81.6 Å². The summed E-state index contributed by atoms with van der Waals surface area (Å²) in [6.07, 6.45) is 0. The number of carboxylic acid groups (broad SMARTS) is 1. The lowest BCUT2D eigenvalue weighted by Crippen LogP contribution is -2.12. The third-order valence-electron chi connectivity index (χ3n) is 1.75. The zero-order valence-corrected chi connectivity index (χ0v) is 8.02. The molecule has 14 heavy (non-hydrogen) atoms. The number of aromatic carboxylic acids is 1. The summed E-state index contributed by atoms with van der Waals surface area (Å²) in [4.78, 5) is 25.8. The van der Waals surface area contributed by atoms with E-state index in [1.165, 1.54) is 18.2 Å². The molecule has 1 N–H and O–H groups in total. The minimum atomic E-state index is -1.12. The van der Waals surface area contributed by atoms with Crippen LogP contribution in [0.2, 0.25) is 0 Å². The second kappa shape index (κ2) is 4.00. The zero-order valence-electron chi connectivity index (χ0n) is 8.02. The molecule has 0 unspecified atom stereocenters. The lowest BCUT2D eigenvalue weighted by molar-refractivity contribution is 0.0690. The van der Waals surface area contributed by atoms with E-state index < -0.39 is 5.97 Å². The number of hydrogen-bond donors (Lipinski definition) is 1. The van der Waals surface area contributed by atoms with Crippen LogP contribution in [0.25, 0.3) is 0 Å². The fraction of sp³-hybridized carbons (Fsp3) is 0.300. The van der Waals surface area contributed by atoms with Gasteiger partial charge in [0.2, 0.25) is 0 Å². The average Bonchev–Trinajstić information content (AvgIpc) is 2.16. The molecule has 0 bridgehead atoms. The van der Waals surface area contributed by atoms with E-state index in [4.69, 9.17) is 5.11 Å². The van der Waals surface area contributed by atoms with E-state index in [2.05, 4.69) is 4.98 Å². The molecule has 0 radical (unpaired) electrons. The number of pyridine rings is 1. The summed E-state index contributed by atoms with van der Waals surface area (Å²) in [5.74, 6) is -1.44. The van der Waals surface area contributed by atoms with Crippen molar-refractivity contribution in [1.29, 1.82) is 0 Å². The van der Waals surface area contributed by atoms with Crippen LogP contribution in [0, 0.1) is 5.92 Å². The van der Waals surface area contributed by atoms with E-state index >= 15 is 0 Å². The maximum Gasteiger partial charge on any atom is 0.354 e. The molecule has 74 valence electrons. The van der Waals surface area contributed by atoms with Crippen molar-refractivity contribution < 1.29 is 14.7 Å². The molecule has 0 saturated carbocycles. The van der Waals surface area contributed by atoms with Gasteiger partial charge in [-0.1, -0.05) is 19.9 Å². The van der Waals surface area contributed by atoms with Crippen LogP contribution in [0.5, 0.6) is 0 Å². The number of ketones is 1. The number of carbonyl (C=O) groups excluding carboxylic acids is 1. The van der Waals surface area contributed by atoms with E-state index in [1.54, 1.807) is 13.8 Å². The van der Waals surface area contributed by atoms with Gasteiger partial charge in [0.25, 0.3) is 0 Å². The topological polar surface area (TPSA) is 67.3 Å². The molecule has 4 nitrogen and oxygen atoms in total. The molecular formula is C10H11NO3. The highest BCUT2D eigenvalue weighted by atomic mass is 16.4. The molecule has 1 heterocycles. The van der Waals surface area contributed by atoms with Gasteiger partial charge in [0.05, 0.1) is 0 Å². The molecule has 0 fully saturated rings. The molecular weight excluding hydrogens is 182 g/mol. The minimum Gasteiger partial charge on any atom is -0.477 e. The van der Waals surface area contributed by atoms with E-state index in [9.17, 15) is 9.59 Å². The largest absolute Gasteiger partial charge is 0.477 e. The van der Waals surface area contributed by atoms with Gasteiger partial charge in [0, 0.05) is 5.92 Å². The van der Waals surface area contributed by atoms with Gasteiger partial charge in [-0.15, -0.1) is 0 Å². The number of carbonyl (C=O) groups is 2. The van der Waals surface area contributed by atoms with Crippen LogP contribution in [0.4, 0.5) is 0 Å². The number of rotatable bonds is 3. The number of carboxylic acids is 1. The highest BCUT2D eigenvalue weighted by molar-refractivity contribution is 5.96. The van der Waals surface area contributed by atoms with E-state index in [1.807, 2.05) is 0 Å². The first kappa shape index (κ1) is 10.4. The summed E-state index contributed by atoms with van der Waals surface area (Å²) in [5, 5.41) is 8.66. The van der Waals surface area contributed by atoms with Gasteiger partial charge in [-0.05, 0) is 12.1 Å². The van der Waals surface area contributed by atoms with Gasteiger partial charge in [0.15, 0.2) is 5.78 Å². The maximum atomic E-state index is 11.5. The number of nitrogens with zero attached hydrogens (tertiary/aromatic N) is 1. The predicted molar refractivity (Wildman–Crippen MR) is 50.4 cm³/mol. The van der Waals surface area contributed by atoms with Crippen molar-refractivity contribution in [1.82, 2.24) is 4.98 Å². The Hall–Kier alpha value is -1.71. The number of hydrogen-bond acceptors (Lipinski definition) is 3. The molecule has 0 aliphatic carbocycles. The third-order valence-corrected chi connectivity index (χ3v) is 1.75. The molecule has 1 rings (SSSR count). The summed E-state index contributed by atoms with van der Waals surface area (Å²) < 4.78 is 0. The van der Waals surface area contributed by atoms with Crippen molar-refractivity contribution >= 4 is 11.8 Å². The number of Topliss-reactive ketones (excluding diaryl/α,β-unsaturated/α-hetero) is 1. The Bertz CT molecular complexity index is 371. The van der Waals surface area contributed by atoms with Gasteiger partial charge in [0.1, 0.15) is 11.4 Å². The summed E-state index contributed by atoms with van der Waals surface area (Å²) in [7, 11) is 0. The van der Waals surface area contributed by atoms with Crippen LogP contribution in [0.3, 0.4) is 0 Å². The second-order valence-electron chi connectivity index (χ2n) is 3.23. The molecule has 0 amide bonds. The first-order valence-corrected chi connectivity index (χ1v) is 4.27. The quantitative estimate of drug-likeness (QED) is 0.740. The van der Waals surface area contributed by atoms with Crippen LogP contribution in [-0.2, 0) is 0 Å². The zero-order chi connectivity index (χ0) is 10.7. The fourth-order valence-electron chi connectivity index (χ4n) is 0.987. The fourth-order valence-corrected chi connectivity index (χ4v) is 0.987. The molecule has 0 atom stereocenters. The van der Waals surface area contributed by atoms with E-state index in [0.717, 1.165) is 0 Å². The van der Waals surface area contributed by atoms with Crippen molar-refractivity contribution in [2.24, 2.45) is 5.92 Å². The lowest BCUT2D eigenvalue weighted by atomic mass is 10.1. The summed E-state index contributed by atoms with van der Waals surface area (Å²) in [5.41, 5.74) is 0.108. The highest BCUT2D eigenvalue weighted by Gasteiger charge is 2.13. The van der Waals surface area contributed by atoms with Crippen molar-refractivity contribution in [3.8, 4) is 0 Å². The first-order chi connectivity index (χ1) is 6.52. The maximum absolute atomic E-state index is 11.5. The Morgan fingerprint density at radius 1 is 1.29 bits per heavy atom. The molecule has 0 aliphatic rings. The molecule has 0 saturated heterocycles. The third kappa shape index (κ3) is 2.16. The average molecular weight is 193 g/mol. The smallest absolute Gasteiger partial charge is 0.354 e. The Morgan fingerprint density at radius 2 is 1.86 bits per heavy atom. The summed E-state index contributed by atoms with van der Waals surface area (Å²) in [6.45, 7) is 3.49. The van der Waals surface area contributed by atoms with Crippen LogP contribution in [0.1, 0.15) is 34.8 Å². The van der Waals surface area contributed by atoms with Crippen LogP contribution < -0.4 is 0 Å². The Morgan fingerprint density at radius 3 is 2.36 bits per heavy atom. The SMILES string of the molecule is CC(C)C(=O)c1cccc(C(=O)O)n1. The Kier molecular flexibility index (Phi) is 2.96. The minimum absolute atomic E-state index is 0.100. The Balaban J connectivity index is 3.06. The molecule has 4 heteroatoms. The van der Waals surface area contributed by atoms with Crippen molar-refractivity contribution in [3.63, 3.8) is 0 Å². The van der Waals surface area contributed by atoms with Gasteiger partial charge < -0.3 is 5.11 Å². The standard InChI is InChI=1S/C10H11NO3/c1-6(2)9(12)7-4-3-5-8(11-7)10(13)14/h3-6H,1-2H3,(H,13,14). The highest BCUT2D eigenvalue weighted by Crippen LogP contribution is 2.06. The van der Waals surface area contributed by atoms with Crippen LogP contribution in [0.15, 0.2) is 18.2 Å². The first-order valence-electron chi connectivity index (χ1n) is 4.27. The van der Waals surface area contributed by atoms with Gasteiger partial charge in [-0.3, -0.25) is 4.79 Å². The lowest BCUT2D eigenvalue weighted by Gasteiger charge is -2.03. The molecule has 1 aromatic heterocycles. The van der Waals surface area contributed by atoms with Gasteiger partial charge >= 0.3 is 5.97 Å². The normalized spacial score (nSPS) is 10.2. The van der Waals surface area contributed by atoms with Crippen molar-refractivity contribution in [2.45, 2.75) is 13.8 Å². The predicted octanol–water partition coefficient (Wildman–Crippen LogP) is 1.62. The molecule has 0 spiro atoms. The van der Waals surface area contributed by atoms with Crippen molar-refractivity contribution in [2.75, 3.05) is 0 Å². The monoisotopic (exact) mass is 193 g/mol. The van der Waals surface area contributed by atoms with Crippen LogP contribution >= 0.6 is 0 Å². The van der Waals surface area contributed by atoms with Gasteiger partial charge in [-0.2, -0.15) is 0 Å². The molecule has 1 aromatic rings. The molecule has 0 aromatic carbocycles. The van der Waals surface area contributed by atoms with E-state index in [0.29, 0.717) is 0 Å². The second-order valence-corrected chi connectivity index (χ2v) is 3.23. The van der Waals surface area contributed by atoms with Gasteiger partial charge in [-0.25, -0.2) is 9.78 Å². The van der Waals surface area contributed by atoms with E-state index in [-0.39, 0.29) is 23.1 Å². The van der Waals surface area contributed by atoms with Crippen molar-refractivity contribution in [3.05, 3.63) is 29.6 Å². The molecule has 0 aliphatic heterocycles. The number of aromatic nitrogens is 1.